The molecule has 1 aliphatic rings. The molecule has 0 aliphatic heterocycles. The molecular weight excluding hydrogens is 219 g/mol. The largest absolute Gasteiger partial charge is 0.385 e. The van der Waals surface area contributed by atoms with Crippen LogP contribution in [0, 0.1) is 11.2 Å². The van der Waals surface area contributed by atoms with Gasteiger partial charge in [0.15, 0.2) is 0 Å². The van der Waals surface area contributed by atoms with Gasteiger partial charge in [-0.1, -0.05) is 0 Å². The van der Waals surface area contributed by atoms with Crippen LogP contribution in [0.4, 0.5) is 4.39 Å². The lowest BCUT2D eigenvalue weighted by atomic mass is 10.0. The molecule has 1 aliphatic carbocycles. The first kappa shape index (κ1) is 12.5. The van der Waals surface area contributed by atoms with Crippen LogP contribution >= 0.6 is 0 Å². The average molecular weight is 238 g/mol. The molecule has 1 heterocycles. The molecule has 0 unspecified atom stereocenters. The van der Waals surface area contributed by atoms with E-state index in [9.17, 15) is 4.39 Å². The van der Waals surface area contributed by atoms with E-state index < -0.39 is 0 Å². The number of hydrogen-bond donors (Lipinski definition) is 1. The lowest BCUT2D eigenvalue weighted by Crippen LogP contribution is -2.24. The van der Waals surface area contributed by atoms with Crippen LogP contribution in [0.15, 0.2) is 18.5 Å². The number of methoxy groups -OCH3 is 1. The molecule has 3 nitrogen and oxygen atoms in total. The maximum absolute atomic E-state index is 12.9. The summed E-state index contributed by atoms with van der Waals surface area (Å²) in [4.78, 5) is 3.83. The Hall–Kier alpha value is -1.00. The molecule has 17 heavy (non-hydrogen) atoms. The maximum atomic E-state index is 12.9. The molecule has 1 N–H and O–H groups in total. The van der Waals surface area contributed by atoms with Gasteiger partial charge in [0.2, 0.25) is 0 Å². The Morgan fingerprint density at radius 3 is 2.94 bits per heavy atom. The van der Waals surface area contributed by atoms with Crippen LogP contribution in [0.1, 0.15) is 24.8 Å². The first-order valence-electron chi connectivity index (χ1n) is 6.03. The second-order valence-electron chi connectivity index (χ2n) is 4.86. The Labute approximate surface area is 101 Å². The fourth-order valence-electron chi connectivity index (χ4n) is 2.04. The van der Waals surface area contributed by atoms with Crippen LogP contribution in [0.25, 0.3) is 0 Å². The third kappa shape index (κ3) is 3.75. The Kier molecular flexibility index (Phi) is 4.07. The molecule has 0 atom stereocenters. The number of nitrogens with zero attached hydrogens (tertiary/aromatic N) is 1. The van der Waals surface area contributed by atoms with Gasteiger partial charge in [-0.05, 0) is 36.3 Å². The van der Waals surface area contributed by atoms with Crippen LogP contribution in [0.2, 0.25) is 0 Å². The van der Waals surface area contributed by atoms with E-state index in [1.54, 1.807) is 13.3 Å². The predicted molar refractivity (Wildman–Crippen MR) is 64.1 cm³/mol. The summed E-state index contributed by atoms with van der Waals surface area (Å²) < 4.78 is 18.0. The van der Waals surface area contributed by atoms with Gasteiger partial charge in [-0.25, -0.2) is 4.39 Å². The minimum Gasteiger partial charge on any atom is -0.385 e. The molecule has 1 aromatic heterocycles. The highest BCUT2D eigenvalue weighted by Gasteiger charge is 2.41. The van der Waals surface area contributed by atoms with Gasteiger partial charge >= 0.3 is 0 Å². The van der Waals surface area contributed by atoms with Crippen molar-refractivity contribution in [2.75, 3.05) is 20.3 Å². The molecule has 4 heteroatoms. The summed E-state index contributed by atoms with van der Waals surface area (Å²) in [7, 11) is 1.74. The zero-order valence-electron chi connectivity index (χ0n) is 10.2. The van der Waals surface area contributed by atoms with Crippen molar-refractivity contribution in [1.29, 1.82) is 0 Å². The Bertz CT molecular complexity index is 366. The van der Waals surface area contributed by atoms with Crippen molar-refractivity contribution >= 4 is 0 Å². The average Bonchev–Trinajstić information content (AvgIpc) is 3.07. The van der Waals surface area contributed by atoms with Crippen molar-refractivity contribution in [2.45, 2.75) is 25.8 Å². The highest BCUT2D eigenvalue weighted by molar-refractivity contribution is 5.10. The van der Waals surface area contributed by atoms with Crippen molar-refractivity contribution in [2.24, 2.45) is 5.41 Å². The standard InChI is InChI=1S/C13H19FN2O/c1-17-5-4-13(2-3-13)10-16-8-11-6-12(14)9-15-7-11/h6-7,9,16H,2-5,8,10H2,1H3. The molecule has 1 aromatic rings. The summed E-state index contributed by atoms with van der Waals surface area (Å²) in [6.07, 6.45) is 6.57. The van der Waals surface area contributed by atoms with E-state index >= 15 is 0 Å². The second-order valence-corrected chi connectivity index (χ2v) is 4.86. The third-order valence-corrected chi connectivity index (χ3v) is 3.38. The van der Waals surface area contributed by atoms with Gasteiger partial charge < -0.3 is 10.1 Å². The molecular formula is C13H19FN2O. The van der Waals surface area contributed by atoms with E-state index in [0.717, 1.165) is 25.1 Å². The van der Waals surface area contributed by atoms with Crippen molar-refractivity contribution < 1.29 is 9.13 Å². The SMILES string of the molecule is COCCC1(CNCc2cncc(F)c2)CC1. The molecule has 0 saturated heterocycles. The van der Waals surface area contributed by atoms with E-state index in [0.29, 0.717) is 12.0 Å². The zero-order chi connectivity index (χ0) is 12.1. The summed E-state index contributed by atoms with van der Waals surface area (Å²) in [5.74, 6) is -0.273. The molecule has 0 amide bonds. The van der Waals surface area contributed by atoms with Gasteiger partial charge in [-0.15, -0.1) is 0 Å². The number of halogens is 1. The summed E-state index contributed by atoms with van der Waals surface area (Å²) in [5.41, 5.74) is 1.32. The summed E-state index contributed by atoms with van der Waals surface area (Å²) in [6, 6.07) is 1.52. The van der Waals surface area contributed by atoms with Crippen LogP contribution in [-0.2, 0) is 11.3 Å². The zero-order valence-corrected chi connectivity index (χ0v) is 10.2. The highest BCUT2D eigenvalue weighted by atomic mass is 19.1. The van der Waals surface area contributed by atoms with Crippen LogP contribution < -0.4 is 5.32 Å². The van der Waals surface area contributed by atoms with E-state index in [1.807, 2.05) is 0 Å². The number of nitrogens with one attached hydrogen (secondary N) is 1. The van der Waals surface area contributed by atoms with E-state index in [2.05, 4.69) is 10.3 Å². The van der Waals surface area contributed by atoms with Crippen molar-refractivity contribution in [3.05, 3.63) is 29.8 Å². The van der Waals surface area contributed by atoms with Gasteiger partial charge in [0, 0.05) is 33.0 Å². The van der Waals surface area contributed by atoms with Gasteiger partial charge in [-0.2, -0.15) is 0 Å². The molecule has 0 radical (unpaired) electrons. The highest BCUT2D eigenvalue weighted by Crippen LogP contribution is 2.48. The smallest absolute Gasteiger partial charge is 0.141 e. The normalized spacial score (nSPS) is 17.1. The molecule has 1 saturated carbocycles. The molecule has 94 valence electrons. The lowest BCUT2D eigenvalue weighted by Gasteiger charge is -2.15. The van der Waals surface area contributed by atoms with Gasteiger partial charge in [0.25, 0.3) is 0 Å². The topological polar surface area (TPSA) is 34.1 Å². The quantitative estimate of drug-likeness (QED) is 0.790. The number of aromatic nitrogens is 1. The monoisotopic (exact) mass is 238 g/mol. The van der Waals surface area contributed by atoms with Crippen LogP contribution in [0.5, 0.6) is 0 Å². The van der Waals surface area contributed by atoms with E-state index in [4.69, 9.17) is 4.74 Å². The first-order valence-corrected chi connectivity index (χ1v) is 6.03. The van der Waals surface area contributed by atoms with Crippen molar-refractivity contribution in [1.82, 2.24) is 10.3 Å². The molecule has 1 fully saturated rings. The lowest BCUT2D eigenvalue weighted by molar-refractivity contribution is 0.171. The Morgan fingerprint density at radius 2 is 2.29 bits per heavy atom. The van der Waals surface area contributed by atoms with Crippen molar-refractivity contribution in [3.63, 3.8) is 0 Å². The summed E-state index contributed by atoms with van der Waals surface area (Å²) >= 11 is 0. The van der Waals surface area contributed by atoms with Gasteiger partial charge in [0.05, 0.1) is 6.20 Å². The van der Waals surface area contributed by atoms with E-state index in [1.165, 1.54) is 25.1 Å². The van der Waals surface area contributed by atoms with Gasteiger partial charge in [0.1, 0.15) is 5.82 Å². The first-order chi connectivity index (χ1) is 8.24. The Morgan fingerprint density at radius 1 is 1.47 bits per heavy atom. The summed E-state index contributed by atoms with van der Waals surface area (Å²) in [5, 5.41) is 3.38. The molecule has 2 rings (SSSR count). The number of rotatable bonds is 7. The van der Waals surface area contributed by atoms with E-state index in [-0.39, 0.29) is 5.82 Å². The van der Waals surface area contributed by atoms with Crippen LogP contribution in [0.3, 0.4) is 0 Å². The summed E-state index contributed by atoms with van der Waals surface area (Å²) in [6.45, 7) is 2.48. The predicted octanol–water partition coefficient (Wildman–Crippen LogP) is 2.13. The number of ether oxygens (including phenoxy) is 1. The molecule has 0 bridgehead atoms. The fourth-order valence-corrected chi connectivity index (χ4v) is 2.04. The van der Waals surface area contributed by atoms with Crippen LogP contribution in [-0.4, -0.2) is 25.2 Å². The minimum absolute atomic E-state index is 0.273. The minimum atomic E-state index is -0.273. The van der Waals surface area contributed by atoms with Gasteiger partial charge in [-0.3, -0.25) is 4.98 Å². The Balaban J connectivity index is 1.72. The molecule has 0 spiro atoms. The molecule has 0 aromatic carbocycles. The number of hydrogen-bond acceptors (Lipinski definition) is 3. The fraction of sp³-hybridized carbons (Fsp3) is 0.615. The maximum Gasteiger partial charge on any atom is 0.141 e. The third-order valence-electron chi connectivity index (χ3n) is 3.38. The number of pyridine rings is 1. The van der Waals surface area contributed by atoms with Crippen molar-refractivity contribution in [3.8, 4) is 0 Å². The second kappa shape index (κ2) is 5.56.